The highest BCUT2D eigenvalue weighted by atomic mass is 32.2. The number of hydrogen-bond acceptors (Lipinski definition) is 3. The van der Waals surface area contributed by atoms with E-state index in [-0.39, 0.29) is 22.7 Å². The number of amides is 2. The summed E-state index contributed by atoms with van der Waals surface area (Å²) in [6, 6.07) is 0.0859. The van der Waals surface area contributed by atoms with Gasteiger partial charge in [0.15, 0.2) is 0 Å². The first-order valence-corrected chi connectivity index (χ1v) is 8.35. The summed E-state index contributed by atoms with van der Waals surface area (Å²) < 4.78 is 0. The molecule has 2 aliphatic heterocycles. The molecule has 2 heterocycles. The van der Waals surface area contributed by atoms with Gasteiger partial charge in [0.05, 0.1) is 4.87 Å². The quantitative estimate of drug-likeness (QED) is 0.841. The summed E-state index contributed by atoms with van der Waals surface area (Å²) in [5, 5.41) is 3.17. The van der Waals surface area contributed by atoms with Crippen LogP contribution in [0.3, 0.4) is 0 Å². The van der Waals surface area contributed by atoms with Gasteiger partial charge in [-0.05, 0) is 26.2 Å². The highest BCUT2D eigenvalue weighted by Crippen LogP contribution is 2.47. The minimum Gasteiger partial charge on any atom is -0.352 e. The summed E-state index contributed by atoms with van der Waals surface area (Å²) in [5.74, 6) is 0.968. The summed E-state index contributed by atoms with van der Waals surface area (Å²) in [7, 11) is 0. The van der Waals surface area contributed by atoms with Crippen LogP contribution >= 0.6 is 11.8 Å². The standard InChI is InChI=1S/C14H22N2O2S/c1-14-8-7-12(17)16(14)11(9-19-14)13(18)15-10-5-3-2-4-6-10/h10-11H,2-9H2,1H3,(H,15,18)/t11-,14-/m0/s1. The molecule has 2 amide bonds. The van der Waals surface area contributed by atoms with E-state index >= 15 is 0 Å². The predicted octanol–water partition coefficient (Wildman–Crippen LogP) is 1.89. The molecule has 1 saturated carbocycles. The fourth-order valence-corrected chi connectivity index (χ4v) is 4.99. The Morgan fingerprint density at radius 3 is 2.84 bits per heavy atom. The number of rotatable bonds is 2. The van der Waals surface area contributed by atoms with Crippen LogP contribution in [-0.2, 0) is 9.59 Å². The normalized spacial score (nSPS) is 35.5. The molecule has 106 valence electrons. The third-order valence-corrected chi connectivity index (χ3v) is 6.20. The first-order chi connectivity index (χ1) is 9.10. The molecule has 3 fully saturated rings. The van der Waals surface area contributed by atoms with Crippen LogP contribution in [-0.4, -0.2) is 39.4 Å². The molecule has 2 saturated heterocycles. The van der Waals surface area contributed by atoms with E-state index in [1.54, 1.807) is 11.8 Å². The van der Waals surface area contributed by atoms with Gasteiger partial charge in [0.1, 0.15) is 6.04 Å². The van der Waals surface area contributed by atoms with Crippen molar-refractivity contribution in [3.8, 4) is 0 Å². The second kappa shape index (κ2) is 5.00. The molecule has 0 aromatic carbocycles. The van der Waals surface area contributed by atoms with E-state index < -0.39 is 0 Å². The molecule has 3 rings (SSSR count). The molecule has 0 bridgehead atoms. The van der Waals surface area contributed by atoms with Crippen molar-refractivity contribution in [2.45, 2.75) is 68.8 Å². The molecule has 0 aromatic heterocycles. The van der Waals surface area contributed by atoms with Gasteiger partial charge in [0.25, 0.3) is 0 Å². The van der Waals surface area contributed by atoms with Crippen LogP contribution in [0.1, 0.15) is 51.9 Å². The van der Waals surface area contributed by atoms with Gasteiger partial charge in [-0.2, -0.15) is 0 Å². The molecule has 0 aromatic rings. The molecular formula is C14H22N2O2S. The number of carbonyl (C=O) groups is 2. The Bertz CT molecular complexity index is 395. The Morgan fingerprint density at radius 1 is 1.37 bits per heavy atom. The Kier molecular flexibility index (Phi) is 3.50. The monoisotopic (exact) mass is 282 g/mol. The molecule has 19 heavy (non-hydrogen) atoms. The van der Waals surface area contributed by atoms with Gasteiger partial charge in [-0.1, -0.05) is 19.3 Å². The van der Waals surface area contributed by atoms with Gasteiger partial charge in [0.2, 0.25) is 11.8 Å². The molecule has 0 unspecified atom stereocenters. The van der Waals surface area contributed by atoms with Crippen molar-refractivity contribution < 1.29 is 9.59 Å². The number of nitrogens with one attached hydrogen (secondary N) is 1. The summed E-state index contributed by atoms with van der Waals surface area (Å²) in [4.78, 5) is 26.1. The van der Waals surface area contributed by atoms with E-state index in [9.17, 15) is 9.59 Å². The Morgan fingerprint density at radius 2 is 2.11 bits per heavy atom. The number of nitrogens with zero attached hydrogens (tertiary/aromatic N) is 1. The maximum absolute atomic E-state index is 12.4. The Hall–Kier alpha value is -0.710. The molecule has 4 nitrogen and oxygen atoms in total. The number of carbonyl (C=O) groups excluding carboxylic acids is 2. The van der Waals surface area contributed by atoms with E-state index in [4.69, 9.17) is 0 Å². The van der Waals surface area contributed by atoms with Crippen molar-refractivity contribution in [2.75, 3.05) is 5.75 Å². The van der Waals surface area contributed by atoms with Gasteiger partial charge in [0, 0.05) is 18.2 Å². The topological polar surface area (TPSA) is 49.4 Å². The average Bonchev–Trinajstić information content (AvgIpc) is 2.88. The molecule has 3 aliphatic rings. The zero-order valence-electron chi connectivity index (χ0n) is 11.5. The van der Waals surface area contributed by atoms with Crippen LogP contribution in [0.2, 0.25) is 0 Å². The fourth-order valence-electron chi connectivity index (χ4n) is 3.56. The summed E-state index contributed by atoms with van der Waals surface area (Å²) in [6.07, 6.45) is 7.37. The first-order valence-electron chi connectivity index (χ1n) is 7.37. The van der Waals surface area contributed by atoms with Gasteiger partial charge in [-0.25, -0.2) is 0 Å². The molecule has 0 spiro atoms. The molecule has 1 aliphatic carbocycles. The van der Waals surface area contributed by atoms with Crippen LogP contribution in [0.25, 0.3) is 0 Å². The predicted molar refractivity (Wildman–Crippen MR) is 75.7 cm³/mol. The van der Waals surface area contributed by atoms with E-state index in [1.165, 1.54) is 19.3 Å². The van der Waals surface area contributed by atoms with Crippen molar-refractivity contribution >= 4 is 23.6 Å². The largest absolute Gasteiger partial charge is 0.352 e. The minimum absolute atomic E-state index is 0.0679. The lowest BCUT2D eigenvalue weighted by Crippen LogP contribution is -2.52. The van der Waals surface area contributed by atoms with Crippen LogP contribution in [0.15, 0.2) is 0 Å². The molecule has 0 radical (unpaired) electrons. The van der Waals surface area contributed by atoms with Gasteiger partial charge >= 0.3 is 0 Å². The lowest BCUT2D eigenvalue weighted by atomic mass is 9.95. The zero-order chi connectivity index (χ0) is 13.5. The van der Waals surface area contributed by atoms with Crippen molar-refractivity contribution in [1.82, 2.24) is 10.2 Å². The van der Waals surface area contributed by atoms with Gasteiger partial charge in [-0.3, -0.25) is 9.59 Å². The lowest BCUT2D eigenvalue weighted by Gasteiger charge is -2.31. The second-order valence-corrected chi connectivity index (χ2v) is 7.61. The van der Waals surface area contributed by atoms with E-state index in [2.05, 4.69) is 12.2 Å². The third kappa shape index (κ3) is 2.37. The maximum atomic E-state index is 12.4. The Labute approximate surface area is 118 Å². The molecule has 2 atom stereocenters. The summed E-state index contributed by atoms with van der Waals surface area (Å²) in [6.45, 7) is 2.09. The lowest BCUT2D eigenvalue weighted by molar-refractivity contribution is -0.138. The van der Waals surface area contributed by atoms with Gasteiger partial charge < -0.3 is 10.2 Å². The number of hydrogen-bond donors (Lipinski definition) is 1. The second-order valence-electron chi connectivity index (χ2n) is 6.11. The van der Waals surface area contributed by atoms with Crippen LogP contribution < -0.4 is 5.32 Å². The zero-order valence-corrected chi connectivity index (χ0v) is 12.3. The maximum Gasteiger partial charge on any atom is 0.243 e. The smallest absolute Gasteiger partial charge is 0.243 e. The van der Waals surface area contributed by atoms with Crippen molar-refractivity contribution in [3.05, 3.63) is 0 Å². The van der Waals surface area contributed by atoms with Crippen molar-refractivity contribution in [1.29, 1.82) is 0 Å². The van der Waals surface area contributed by atoms with Crippen molar-refractivity contribution in [3.63, 3.8) is 0 Å². The highest BCUT2D eigenvalue weighted by Gasteiger charge is 2.52. The summed E-state index contributed by atoms with van der Waals surface area (Å²) >= 11 is 1.76. The highest BCUT2D eigenvalue weighted by molar-refractivity contribution is 8.01. The van der Waals surface area contributed by atoms with Crippen LogP contribution in [0, 0.1) is 0 Å². The number of thioether (sulfide) groups is 1. The number of fused-ring (bicyclic) bond motifs is 1. The first kappa shape index (κ1) is 13.3. The molecular weight excluding hydrogens is 260 g/mol. The average molecular weight is 282 g/mol. The SMILES string of the molecule is C[C@]12CCC(=O)N1[C@H](C(=O)NC1CCCCC1)CS2. The summed E-state index contributed by atoms with van der Waals surface area (Å²) in [5.41, 5.74) is 0. The van der Waals surface area contributed by atoms with Crippen LogP contribution in [0.5, 0.6) is 0 Å². The van der Waals surface area contributed by atoms with Gasteiger partial charge in [-0.15, -0.1) is 11.8 Å². The van der Waals surface area contributed by atoms with E-state index in [0.29, 0.717) is 12.5 Å². The van der Waals surface area contributed by atoms with E-state index in [0.717, 1.165) is 25.0 Å². The van der Waals surface area contributed by atoms with Crippen molar-refractivity contribution in [2.24, 2.45) is 0 Å². The fraction of sp³-hybridized carbons (Fsp3) is 0.857. The molecule has 1 N–H and O–H groups in total. The van der Waals surface area contributed by atoms with Crippen LogP contribution in [0.4, 0.5) is 0 Å². The van der Waals surface area contributed by atoms with E-state index in [1.807, 2.05) is 4.90 Å². The molecule has 5 heteroatoms. The Balaban J connectivity index is 1.65. The third-order valence-electron chi connectivity index (χ3n) is 4.70. The minimum atomic E-state index is -0.244.